The Bertz CT molecular complexity index is 965. The number of nitrogen functional groups attached to an aromatic ring is 1. The predicted octanol–water partition coefficient (Wildman–Crippen LogP) is 2.30. The van der Waals surface area contributed by atoms with Crippen LogP contribution in [0.5, 0.6) is 5.88 Å². The number of aromatic nitrogens is 4. The molecular weight excluding hydrogens is 384 g/mol. The first-order valence-corrected chi connectivity index (χ1v) is 9.59. The van der Waals surface area contributed by atoms with Crippen LogP contribution in [0.2, 0.25) is 0 Å². The number of hydrogen-bond donors (Lipinski definition) is 2. The SMILES string of the molecule is CCOCCOc1cnc(C(=O)Cc2ccnc(CNc3cccnc3N)c2)cn1. The van der Waals surface area contributed by atoms with Gasteiger partial charge in [0.05, 0.1) is 36.9 Å². The minimum atomic E-state index is -0.134. The molecule has 0 fully saturated rings. The summed E-state index contributed by atoms with van der Waals surface area (Å²) in [7, 11) is 0. The molecule has 156 valence electrons. The van der Waals surface area contributed by atoms with E-state index in [0.29, 0.717) is 38.1 Å². The first-order valence-electron chi connectivity index (χ1n) is 9.59. The second kappa shape index (κ2) is 10.8. The average molecular weight is 408 g/mol. The van der Waals surface area contributed by atoms with Gasteiger partial charge in [-0.25, -0.2) is 15.0 Å². The van der Waals surface area contributed by atoms with Crippen LogP contribution in [-0.4, -0.2) is 45.5 Å². The van der Waals surface area contributed by atoms with Crippen LogP contribution < -0.4 is 15.8 Å². The molecule has 9 heteroatoms. The fourth-order valence-electron chi connectivity index (χ4n) is 2.65. The molecule has 0 amide bonds. The number of nitrogens with zero attached hydrogens (tertiary/aromatic N) is 4. The van der Waals surface area contributed by atoms with Crippen molar-refractivity contribution in [1.82, 2.24) is 19.9 Å². The van der Waals surface area contributed by atoms with E-state index in [4.69, 9.17) is 15.2 Å². The normalized spacial score (nSPS) is 10.6. The van der Waals surface area contributed by atoms with Crippen molar-refractivity contribution in [3.05, 3.63) is 66.0 Å². The molecular formula is C21H24N6O3. The second-order valence-electron chi connectivity index (χ2n) is 6.33. The van der Waals surface area contributed by atoms with Gasteiger partial charge in [0, 0.05) is 25.4 Å². The highest BCUT2D eigenvalue weighted by Crippen LogP contribution is 2.15. The van der Waals surface area contributed by atoms with Gasteiger partial charge >= 0.3 is 0 Å². The number of anilines is 2. The van der Waals surface area contributed by atoms with Crippen LogP contribution in [0.1, 0.15) is 28.7 Å². The molecule has 3 heterocycles. The fraction of sp³-hybridized carbons (Fsp3) is 0.286. The number of carbonyl (C=O) groups excluding carboxylic acids is 1. The van der Waals surface area contributed by atoms with Gasteiger partial charge in [0.2, 0.25) is 5.88 Å². The van der Waals surface area contributed by atoms with Crippen molar-refractivity contribution >= 4 is 17.3 Å². The Morgan fingerprint density at radius 2 is 2.00 bits per heavy atom. The van der Waals surface area contributed by atoms with Crippen molar-refractivity contribution in [3.8, 4) is 5.88 Å². The maximum atomic E-state index is 12.5. The third-order valence-corrected chi connectivity index (χ3v) is 4.14. The van der Waals surface area contributed by atoms with E-state index < -0.39 is 0 Å². The molecule has 0 atom stereocenters. The minimum absolute atomic E-state index is 0.134. The van der Waals surface area contributed by atoms with Gasteiger partial charge < -0.3 is 20.5 Å². The van der Waals surface area contributed by atoms with E-state index in [0.717, 1.165) is 16.9 Å². The predicted molar refractivity (Wildman–Crippen MR) is 112 cm³/mol. The molecule has 9 nitrogen and oxygen atoms in total. The summed E-state index contributed by atoms with van der Waals surface area (Å²) in [5.74, 6) is 0.649. The van der Waals surface area contributed by atoms with E-state index in [2.05, 4.69) is 25.3 Å². The van der Waals surface area contributed by atoms with Crippen LogP contribution in [-0.2, 0) is 17.7 Å². The Morgan fingerprint density at radius 3 is 2.77 bits per heavy atom. The van der Waals surface area contributed by atoms with Crippen molar-refractivity contribution in [3.63, 3.8) is 0 Å². The molecule has 3 N–H and O–H groups in total. The summed E-state index contributed by atoms with van der Waals surface area (Å²) < 4.78 is 10.6. The van der Waals surface area contributed by atoms with Gasteiger partial charge in [-0.2, -0.15) is 0 Å². The van der Waals surface area contributed by atoms with Crippen LogP contribution >= 0.6 is 0 Å². The van der Waals surface area contributed by atoms with Gasteiger partial charge in [0.15, 0.2) is 5.78 Å². The molecule has 30 heavy (non-hydrogen) atoms. The quantitative estimate of drug-likeness (QED) is 0.363. The number of hydrogen-bond acceptors (Lipinski definition) is 9. The number of ketones is 1. The number of Topliss-reactive ketones (excluding diaryl/α,β-unsaturated/α-hetero) is 1. The van der Waals surface area contributed by atoms with Gasteiger partial charge in [-0.15, -0.1) is 0 Å². The second-order valence-corrected chi connectivity index (χ2v) is 6.33. The zero-order valence-electron chi connectivity index (χ0n) is 16.7. The monoisotopic (exact) mass is 408 g/mol. The number of pyridine rings is 2. The lowest BCUT2D eigenvalue weighted by Gasteiger charge is -2.09. The molecule has 0 aliphatic carbocycles. The Labute approximate surface area is 174 Å². The summed E-state index contributed by atoms with van der Waals surface area (Å²) in [5, 5.41) is 3.19. The Balaban J connectivity index is 1.55. The summed E-state index contributed by atoms with van der Waals surface area (Å²) in [6.45, 7) is 3.87. The summed E-state index contributed by atoms with van der Waals surface area (Å²) >= 11 is 0. The summed E-state index contributed by atoms with van der Waals surface area (Å²) in [6.07, 6.45) is 6.37. The lowest BCUT2D eigenvalue weighted by Crippen LogP contribution is -2.10. The van der Waals surface area contributed by atoms with E-state index in [1.54, 1.807) is 24.5 Å². The number of rotatable bonds is 11. The molecule has 0 unspecified atom stereocenters. The lowest BCUT2D eigenvalue weighted by atomic mass is 10.1. The van der Waals surface area contributed by atoms with Crippen LogP contribution in [0.3, 0.4) is 0 Å². The molecule has 0 aromatic carbocycles. The smallest absolute Gasteiger partial charge is 0.232 e. The van der Waals surface area contributed by atoms with Crippen molar-refractivity contribution in [2.45, 2.75) is 19.9 Å². The largest absolute Gasteiger partial charge is 0.474 e. The number of nitrogens with one attached hydrogen (secondary N) is 1. The van der Waals surface area contributed by atoms with Gasteiger partial charge in [0.25, 0.3) is 0 Å². The number of carbonyl (C=O) groups is 1. The lowest BCUT2D eigenvalue weighted by molar-refractivity contribution is 0.0986. The van der Waals surface area contributed by atoms with E-state index in [1.807, 2.05) is 19.1 Å². The Morgan fingerprint density at radius 1 is 1.10 bits per heavy atom. The molecule has 0 spiro atoms. The van der Waals surface area contributed by atoms with Gasteiger partial charge in [0.1, 0.15) is 18.1 Å². The molecule has 0 bridgehead atoms. The first-order chi connectivity index (χ1) is 14.7. The zero-order chi connectivity index (χ0) is 21.2. The molecule has 3 rings (SSSR count). The van der Waals surface area contributed by atoms with Crippen molar-refractivity contribution in [2.75, 3.05) is 30.9 Å². The third kappa shape index (κ3) is 6.21. The van der Waals surface area contributed by atoms with Crippen LogP contribution in [0.15, 0.2) is 49.1 Å². The van der Waals surface area contributed by atoms with Crippen LogP contribution in [0.4, 0.5) is 11.5 Å². The molecule has 0 radical (unpaired) electrons. The standard InChI is InChI=1S/C21H24N6O3/c1-2-29-8-9-30-20-14-26-18(13-27-20)19(28)11-15-5-7-23-16(10-15)12-25-17-4-3-6-24-21(17)22/h3-7,10,13-14,25H,2,8-9,11-12H2,1H3,(H2,22,24). The highest BCUT2D eigenvalue weighted by Gasteiger charge is 2.11. The highest BCUT2D eigenvalue weighted by molar-refractivity contribution is 5.95. The topological polar surface area (TPSA) is 125 Å². The molecule has 3 aromatic rings. The number of ether oxygens (including phenoxy) is 2. The molecule has 0 aliphatic heterocycles. The van der Waals surface area contributed by atoms with E-state index in [-0.39, 0.29) is 17.9 Å². The zero-order valence-corrected chi connectivity index (χ0v) is 16.7. The summed E-state index contributed by atoms with van der Waals surface area (Å²) in [4.78, 5) is 29.2. The van der Waals surface area contributed by atoms with E-state index in [9.17, 15) is 4.79 Å². The number of nitrogens with two attached hydrogens (primary N) is 1. The highest BCUT2D eigenvalue weighted by atomic mass is 16.5. The summed E-state index contributed by atoms with van der Waals surface area (Å²) in [6, 6.07) is 7.32. The maximum Gasteiger partial charge on any atom is 0.232 e. The van der Waals surface area contributed by atoms with Crippen molar-refractivity contribution in [1.29, 1.82) is 0 Å². The fourth-order valence-corrected chi connectivity index (χ4v) is 2.65. The average Bonchev–Trinajstić information content (AvgIpc) is 2.77. The van der Waals surface area contributed by atoms with Gasteiger partial charge in [-0.1, -0.05) is 0 Å². The molecule has 0 saturated carbocycles. The minimum Gasteiger partial charge on any atom is -0.474 e. The maximum absolute atomic E-state index is 12.5. The van der Waals surface area contributed by atoms with Gasteiger partial charge in [-0.05, 0) is 36.8 Å². The molecule has 3 aromatic heterocycles. The Hall–Kier alpha value is -3.59. The third-order valence-electron chi connectivity index (χ3n) is 4.14. The van der Waals surface area contributed by atoms with E-state index in [1.165, 1.54) is 12.4 Å². The first kappa shape index (κ1) is 21.1. The van der Waals surface area contributed by atoms with Crippen molar-refractivity contribution in [2.24, 2.45) is 0 Å². The van der Waals surface area contributed by atoms with Crippen LogP contribution in [0.25, 0.3) is 0 Å². The summed E-state index contributed by atoms with van der Waals surface area (Å²) in [5.41, 5.74) is 8.47. The molecule has 0 aliphatic rings. The molecule has 0 saturated heterocycles. The van der Waals surface area contributed by atoms with Crippen LogP contribution in [0, 0.1) is 0 Å². The van der Waals surface area contributed by atoms with Crippen molar-refractivity contribution < 1.29 is 14.3 Å². The van der Waals surface area contributed by atoms with E-state index >= 15 is 0 Å². The van der Waals surface area contributed by atoms with Gasteiger partial charge in [-0.3, -0.25) is 9.78 Å². The Kier molecular flexibility index (Phi) is 7.62.